The van der Waals surface area contributed by atoms with Gasteiger partial charge in [0.1, 0.15) is 6.54 Å². The van der Waals surface area contributed by atoms with Crippen LogP contribution in [0, 0.1) is 0 Å². The van der Waals surface area contributed by atoms with Crippen LogP contribution in [-0.2, 0) is 22.6 Å². The number of piperazine rings is 1. The minimum absolute atomic E-state index is 0.0649. The van der Waals surface area contributed by atoms with E-state index in [1.165, 1.54) is 23.8 Å². The van der Waals surface area contributed by atoms with Crippen molar-refractivity contribution in [1.29, 1.82) is 0 Å². The molecule has 2 fully saturated rings. The third kappa shape index (κ3) is 5.18. The van der Waals surface area contributed by atoms with E-state index in [4.69, 9.17) is 4.74 Å². The normalized spacial score (nSPS) is 21.3. The third-order valence-electron chi connectivity index (χ3n) is 5.98. The molecule has 6 heteroatoms. The van der Waals surface area contributed by atoms with Gasteiger partial charge in [0, 0.05) is 69.0 Å². The molecular weight excluding hydrogens is 364 g/mol. The first-order chi connectivity index (χ1) is 14.1. The number of fused-ring (bicyclic) bond motifs is 1. The summed E-state index contributed by atoms with van der Waals surface area (Å²) in [5.41, 5.74) is 2.45. The van der Waals surface area contributed by atoms with Gasteiger partial charge in [-0.3, -0.25) is 14.6 Å². The molecule has 0 bridgehead atoms. The van der Waals surface area contributed by atoms with Crippen molar-refractivity contribution < 1.29 is 9.53 Å². The predicted octanol–water partition coefficient (Wildman–Crippen LogP) is 2.46. The number of para-hydroxylation sites is 1. The second kappa shape index (κ2) is 9.28. The van der Waals surface area contributed by atoms with E-state index in [1.54, 1.807) is 0 Å². The SMILES string of the molecule is CC(C)NC(=O)Cn1cc(CN2CCN(CC3CCCO3)CC2)c2ccccc21. The Morgan fingerprint density at radius 3 is 2.66 bits per heavy atom. The fraction of sp³-hybridized carbons (Fsp3) is 0.609. The Morgan fingerprint density at radius 1 is 1.17 bits per heavy atom. The summed E-state index contributed by atoms with van der Waals surface area (Å²) in [5.74, 6) is 0.0649. The van der Waals surface area contributed by atoms with Crippen molar-refractivity contribution in [2.75, 3.05) is 39.3 Å². The van der Waals surface area contributed by atoms with E-state index in [9.17, 15) is 4.79 Å². The van der Waals surface area contributed by atoms with Crippen LogP contribution in [0.15, 0.2) is 30.5 Å². The molecule has 1 unspecified atom stereocenters. The number of rotatable bonds is 7. The lowest BCUT2D eigenvalue weighted by Gasteiger charge is -2.35. The Morgan fingerprint density at radius 2 is 1.93 bits per heavy atom. The quantitative estimate of drug-likeness (QED) is 0.778. The molecule has 2 aliphatic rings. The summed E-state index contributed by atoms with van der Waals surface area (Å²) < 4.78 is 7.89. The molecule has 3 heterocycles. The number of carbonyl (C=O) groups is 1. The van der Waals surface area contributed by atoms with Crippen LogP contribution < -0.4 is 5.32 Å². The number of amides is 1. The number of nitrogens with zero attached hydrogens (tertiary/aromatic N) is 3. The van der Waals surface area contributed by atoms with Gasteiger partial charge >= 0.3 is 0 Å². The molecule has 29 heavy (non-hydrogen) atoms. The second-order valence-corrected chi connectivity index (χ2v) is 8.73. The van der Waals surface area contributed by atoms with Crippen molar-refractivity contribution in [3.8, 4) is 0 Å². The van der Waals surface area contributed by atoms with Crippen molar-refractivity contribution in [2.24, 2.45) is 0 Å². The smallest absolute Gasteiger partial charge is 0.240 e. The van der Waals surface area contributed by atoms with Crippen LogP contribution in [0.3, 0.4) is 0 Å². The van der Waals surface area contributed by atoms with Gasteiger partial charge in [0.15, 0.2) is 0 Å². The van der Waals surface area contributed by atoms with E-state index < -0.39 is 0 Å². The maximum Gasteiger partial charge on any atom is 0.240 e. The van der Waals surface area contributed by atoms with Gasteiger partial charge in [0.2, 0.25) is 5.91 Å². The molecule has 4 rings (SSSR count). The van der Waals surface area contributed by atoms with Crippen LogP contribution in [0.4, 0.5) is 0 Å². The first kappa shape index (κ1) is 20.4. The average molecular weight is 399 g/mol. The van der Waals surface area contributed by atoms with E-state index >= 15 is 0 Å². The number of nitrogens with one attached hydrogen (secondary N) is 1. The van der Waals surface area contributed by atoms with E-state index in [2.05, 4.69) is 44.1 Å². The van der Waals surface area contributed by atoms with Crippen LogP contribution in [0.5, 0.6) is 0 Å². The monoisotopic (exact) mass is 398 g/mol. The Hall–Kier alpha value is -1.89. The van der Waals surface area contributed by atoms with Crippen LogP contribution in [0.1, 0.15) is 32.3 Å². The zero-order chi connectivity index (χ0) is 20.2. The highest BCUT2D eigenvalue weighted by Gasteiger charge is 2.23. The first-order valence-corrected chi connectivity index (χ1v) is 11.0. The number of carbonyl (C=O) groups excluding carboxylic acids is 1. The van der Waals surface area contributed by atoms with Gasteiger partial charge in [-0.25, -0.2) is 0 Å². The van der Waals surface area contributed by atoms with E-state index in [0.29, 0.717) is 12.6 Å². The molecule has 1 aromatic heterocycles. The standard InChI is InChI=1S/C23H34N4O2/c1-18(2)24-23(28)17-27-15-19(21-7-3-4-8-22(21)27)14-25-9-11-26(12-10-25)16-20-6-5-13-29-20/h3-4,7-8,15,18,20H,5-6,9-14,16-17H2,1-2H3,(H,24,28). The molecule has 2 saturated heterocycles. The molecule has 1 amide bonds. The molecule has 0 saturated carbocycles. The van der Waals surface area contributed by atoms with Crippen molar-refractivity contribution in [2.45, 2.75) is 51.9 Å². The molecule has 158 valence electrons. The molecule has 0 aliphatic carbocycles. The Labute approximate surface area is 173 Å². The number of aromatic nitrogens is 1. The van der Waals surface area contributed by atoms with Gasteiger partial charge in [-0.2, -0.15) is 0 Å². The van der Waals surface area contributed by atoms with Gasteiger partial charge in [-0.1, -0.05) is 18.2 Å². The predicted molar refractivity (Wildman–Crippen MR) is 116 cm³/mol. The molecule has 0 radical (unpaired) electrons. The lowest BCUT2D eigenvalue weighted by Crippen LogP contribution is -2.48. The molecule has 2 aliphatic heterocycles. The van der Waals surface area contributed by atoms with Gasteiger partial charge in [-0.05, 0) is 38.3 Å². The molecule has 1 atom stereocenters. The molecule has 6 nitrogen and oxygen atoms in total. The maximum atomic E-state index is 12.3. The fourth-order valence-corrected chi connectivity index (χ4v) is 4.55. The lowest BCUT2D eigenvalue weighted by atomic mass is 10.1. The van der Waals surface area contributed by atoms with Gasteiger partial charge in [0.25, 0.3) is 0 Å². The number of ether oxygens (including phenoxy) is 1. The highest BCUT2D eigenvalue weighted by molar-refractivity contribution is 5.86. The number of benzene rings is 1. The third-order valence-corrected chi connectivity index (χ3v) is 5.98. The van der Waals surface area contributed by atoms with E-state index in [-0.39, 0.29) is 11.9 Å². The molecule has 1 aromatic carbocycles. The minimum atomic E-state index is 0.0649. The lowest BCUT2D eigenvalue weighted by molar-refractivity contribution is -0.122. The minimum Gasteiger partial charge on any atom is -0.377 e. The van der Waals surface area contributed by atoms with Crippen molar-refractivity contribution in [1.82, 2.24) is 19.7 Å². The fourth-order valence-electron chi connectivity index (χ4n) is 4.55. The highest BCUT2D eigenvalue weighted by atomic mass is 16.5. The van der Waals surface area contributed by atoms with Crippen molar-refractivity contribution >= 4 is 16.8 Å². The molecular formula is C23H34N4O2. The zero-order valence-corrected chi connectivity index (χ0v) is 17.8. The van der Waals surface area contributed by atoms with E-state index in [1.807, 2.05) is 19.9 Å². The van der Waals surface area contributed by atoms with Crippen LogP contribution in [0.25, 0.3) is 10.9 Å². The number of hydrogen-bond acceptors (Lipinski definition) is 4. The zero-order valence-electron chi connectivity index (χ0n) is 17.8. The van der Waals surface area contributed by atoms with Crippen LogP contribution >= 0.6 is 0 Å². The molecule has 0 spiro atoms. The van der Waals surface area contributed by atoms with Crippen molar-refractivity contribution in [3.63, 3.8) is 0 Å². The summed E-state index contributed by atoms with van der Waals surface area (Å²) in [6.45, 7) is 11.7. The summed E-state index contributed by atoms with van der Waals surface area (Å²) in [4.78, 5) is 17.4. The second-order valence-electron chi connectivity index (χ2n) is 8.73. The van der Waals surface area contributed by atoms with Gasteiger partial charge < -0.3 is 14.6 Å². The summed E-state index contributed by atoms with van der Waals surface area (Å²) in [5, 5.41) is 4.25. The summed E-state index contributed by atoms with van der Waals surface area (Å²) in [6, 6.07) is 8.59. The number of hydrogen-bond donors (Lipinski definition) is 1. The average Bonchev–Trinajstić information content (AvgIpc) is 3.32. The Balaban J connectivity index is 1.38. The van der Waals surface area contributed by atoms with Gasteiger partial charge in [-0.15, -0.1) is 0 Å². The summed E-state index contributed by atoms with van der Waals surface area (Å²) in [6.07, 6.45) is 5.04. The largest absolute Gasteiger partial charge is 0.377 e. The Kier molecular flexibility index (Phi) is 6.53. The van der Waals surface area contributed by atoms with Crippen LogP contribution in [0.2, 0.25) is 0 Å². The van der Waals surface area contributed by atoms with Gasteiger partial charge in [0.05, 0.1) is 6.10 Å². The summed E-state index contributed by atoms with van der Waals surface area (Å²) in [7, 11) is 0. The highest BCUT2D eigenvalue weighted by Crippen LogP contribution is 2.23. The van der Waals surface area contributed by atoms with Crippen molar-refractivity contribution in [3.05, 3.63) is 36.0 Å². The molecule has 1 N–H and O–H groups in total. The molecule has 2 aromatic rings. The maximum absolute atomic E-state index is 12.3. The topological polar surface area (TPSA) is 49.7 Å². The Bertz CT molecular complexity index is 817. The summed E-state index contributed by atoms with van der Waals surface area (Å²) >= 11 is 0. The van der Waals surface area contributed by atoms with E-state index in [0.717, 1.165) is 51.4 Å². The van der Waals surface area contributed by atoms with Crippen LogP contribution in [-0.4, -0.2) is 71.8 Å². The first-order valence-electron chi connectivity index (χ1n) is 11.0.